The molecule has 1 unspecified atom stereocenters. The van der Waals surface area contributed by atoms with Gasteiger partial charge >= 0.3 is 0 Å². The first-order valence-electron chi connectivity index (χ1n) is 6.45. The summed E-state index contributed by atoms with van der Waals surface area (Å²) in [6.07, 6.45) is 0.0742. The van der Waals surface area contributed by atoms with Crippen molar-refractivity contribution in [3.8, 4) is 0 Å². The van der Waals surface area contributed by atoms with Gasteiger partial charge in [-0.05, 0) is 22.9 Å². The molecule has 1 heterocycles. The molecule has 0 fully saturated rings. The monoisotopic (exact) mass is 299 g/mol. The van der Waals surface area contributed by atoms with E-state index in [2.05, 4.69) is 10.3 Å². The zero-order valence-corrected chi connectivity index (χ0v) is 11.9. The van der Waals surface area contributed by atoms with Crippen LogP contribution >= 0.6 is 11.8 Å². The van der Waals surface area contributed by atoms with Crippen molar-refractivity contribution in [1.82, 2.24) is 0 Å². The Hall–Kier alpha value is -2.34. The topological polar surface area (TPSA) is 84.5 Å². The van der Waals surface area contributed by atoms with Crippen LogP contribution in [0.5, 0.6) is 0 Å². The van der Waals surface area contributed by atoms with Gasteiger partial charge in [0.1, 0.15) is 5.25 Å². The second kappa shape index (κ2) is 5.57. The molecule has 2 amide bonds. The van der Waals surface area contributed by atoms with Crippen LogP contribution in [0.25, 0.3) is 10.8 Å². The minimum atomic E-state index is -0.526. The van der Waals surface area contributed by atoms with Crippen LogP contribution in [-0.2, 0) is 9.59 Å². The van der Waals surface area contributed by atoms with E-state index in [9.17, 15) is 9.59 Å². The maximum absolute atomic E-state index is 12.2. The lowest BCUT2D eigenvalue weighted by Gasteiger charge is -2.17. The van der Waals surface area contributed by atoms with Gasteiger partial charge < -0.3 is 11.1 Å². The summed E-state index contributed by atoms with van der Waals surface area (Å²) in [5.74, 6) is -0.591. The summed E-state index contributed by atoms with van der Waals surface area (Å²) < 4.78 is 0. The molecule has 3 N–H and O–H groups in total. The summed E-state index contributed by atoms with van der Waals surface area (Å²) in [4.78, 5) is 27.2. The second-order valence-corrected chi connectivity index (χ2v) is 5.93. The first-order chi connectivity index (χ1) is 10.1. The number of benzene rings is 2. The minimum Gasteiger partial charge on any atom is -0.378 e. The van der Waals surface area contributed by atoms with Crippen molar-refractivity contribution >= 4 is 45.2 Å². The van der Waals surface area contributed by atoms with E-state index in [-0.39, 0.29) is 23.4 Å². The fourth-order valence-electron chi connectivity index (χ4n) is 2.18. The van der Waals surface area contributed by atoms with Gasteiger partial charge in [-0.2, -0.15) is 4.99 Å². The smallest absolute Gasteiger partial charge is 0.249 e. The molecule has 0 bridgehead atoms. The number of amides is 2. The number of hydrogen-bond acceptors (Lipinski definition) is 4. The van der Waals surface area contributed by atoms with Crippen LogP contribution in [0.4, 0.5) is 5.69 Å². The Labute approximate surface area is 125 Å². The van der Waals surface area contributed by atoms with Gasteiger partial charge in [0.15, 0.2) is 5.17 Å². The van der Waals surface area contributed by atoms with Gasteiger partial charge in [0.25, 0.3) is 0 Å². The average Bonchev–Trinajstić information content (AvgIpc) is 2.46. The molecule has 0 saturated carbocycles. The summed E-state index contributed by atoms with van der Waals surface area (Å²) in [6.45, 7) is 0. The van der Waals surface area contributed by atoms with E-state index < -0.39 is 5.25 Å². The van der Waals surface area contributed by atoms with Crippen LogP contribution in [0.1, 0.15) is 6.42 Å². The van der Waals surface area contributed by atoms with Crippen molar-refractivity contribution in [1.29, 1.82) is 0 Å². The second-order valence-electron chi connectivity index (χ2n) is 4.71. The van der Waals surface area contributed by atoms with Crippen molar-refractivity contribution in [3.63, 3.8) is 0 Å². The molecule has 0 spiro atoms. The van der Waals surface area contributed by atoms with E-state index in [1.165, 1.54) is 0 Å². The zero-order valence-electron chi connectivity index (χ0n) is 11.1. The lowest BCUT2D eigenvalue weighted by Crippen LogP contribution is -2.33. The standard InChI is InChI=1S/C15H13N3O2S/c16-15-18-13(19)8-12(21-15)14(20)17-11-6-5-9-3-1-2-4-10(9)7-11/h1-7,12H,8H2,(H,17,20)(H2,16,18,19). The molecule has 1 atom stereocenters. The van der Waals surface area contributed by atoms with Crippen molar-refractivity contribution in [3.05, 3.63) is 42.5 Å². The van der Waals surface area contributed by atoms with E-state index in [4.69, 9.17) is 5.73 Å². The summed E-state index contributed by atoms with van der Waals surface area (Å²) >= 11 is 1.12. The van der Waals surface area contributed by atoms with Gasteiger partial charge in [0.2, 0.25) is 11.8 Å². The number of carbonyl (C=O) groups excluding carboxylic acids is 2. The summed E-state index contributed by atoms with van der Waals surface area (Å²) in [6, 6.07) is 13.6. The third kappa shape index (κ3) is 3.05. The van der Waals surface area contributed by atoms with Crippen molar-refractivity contribution in [2.45, 2.75) is 11.7 Å². The number of nitrogens with two attached hydrogens (primary N) is 1. The number of hydrogen-bond donors (Lipinski definition) is 2. The van der Waals surface area contributed by atoms with Crippen LogP contribution in [0.2, 0.25) is 0 Å². The fraction of sp³-hybridized carbons (Fsp3) is 0.133. The summed E-state index contributed by atoms with van der Waals surface area (Å²) in [5.41, 5.74) is 6.23. The van der Waals surface area contributed by atoms with E-state index in [0.717, 1.165) is 22.5 Å². The van der Waals surface area contributed by atoms with E-state index in [1.807, 2.05) is 42.5 Å². The maximum Gasteiger partial charge on any atom is 0.249 e. The molecule has 106 valence electrons. The van der Waals surface area contributed by atoms with E-state index in [1.54, 1.807) is 0 Å². The molecular formula is C15H13N3O2S. The molecule has 2 aromatic rings. The molecule has 6 heteroatoms. The van der Waals surface area contributed by atoms with Crippen LogP contribution in [0.15, 0.2) is 47.5 Å². The predicted octanol–water partition coefficient (Wildman–Crippen LogP) is 2.13. The Balaban J connectivity index is 1.77. The highest BCUT2D eigenvalue weighted by Crippen LogP contribution is 2.23. The molecule has 0 saturated heterocycles. The highest BCUT2D eigenvalue weighted by molar-refractivity contribution is 8.15. The largest absolute Gasteiger partial charge is 0.378 e. The van der Waals surface area contributed by atoms with Crippen LogP contribution in [0.3, 0.4) is 0 Å². The average molecular weight is 299 g/mol. The number of carbonyl (C=O) groups is 2. The summed E-state index contributed by atoms with van der Waals surface area (Å²) in [5, 5.41) is 4.59. The first kappa shape index (κ1) is 13.6. The van der Waals surface area contributed by atoms with Crippen molar-refractivity contribution in [2.75, 3.05) is 5.32 Å². The van der Waals surface area contributed by atoms with Gasteiger partial charge in [-0.15, -0.1) is 0 Å². The van der Waals surface area contributed by atoms with Gasteiger partial charge in [-0.1, -0.05) is 42.1 Å². The fourth-order valence-corrected chi connectivity index (χ4v) is 3.01. The highest BCUT2D eigenvalue weighted by atomic mass is 32.2. The molecule has 1 aliphatic heterocycles. The van der Waals surface area contributed by atoms with E-state index in [0.29, 0.717) is 5.69 Å². The Morgan fingerprint density at radius 3 is 2.76 bits per heavy atom. The molecular weight excluding hydrogens is 286 g/mol. The highest BCUT2D eigenvalue weighted by Gasteiger charge is 2.27. The van der Waals surface area contributed by atoms with Gasteiger partial charge in [-0.25, -0.2) is 0 Å². The predicted molar refractivity (Wildman–Crippen MR) is 85.2 cm³/mol. The molecule has 2 aromatic carbocycles. The third-order valence-corrected chi connectivity index (χ3v) is 4.17. The lowest BCUT2D eigenvalue weighted by molar-refractivity contribution is -0.121. The van der Waals surface area contributed by atoms with Gasteiger partial charge in [0, 0.05) is 5.69 Å². The Bertz CT molecular complexity index is 757. The number of aliphatic imine (C=N–C) groups is 1. The Morgan fingerprint density at radius 2 is 2.00 bits per heavy atom. The first-order valence-corrected chi connectivity index (χ1v) is 7.33. The third-order valence-electron chi connectivity index (χ3n) is 3.17. The number of rotatable bonds is 2. The molecule has 5 nitrogen and oxygen atoms in total. The van der Waals surface area contributed by atoms with Crippen molar-refractivity contribution in [2.24, 2.45) is 10.7 Å². The SMILES string of the molecule is NC1=NC(=O)CC(C(=O)Nc2ccc3ccccc3c2)S1. The number of thioether (sulfide) groups is 1. The normalized spacial score (nSPS) is 18.4. The van der Waals surface area contributed by atoms with Gasteiger partial charge in [-0.3, -0.25) is 9.59 Å². The van der Waals surface area contributed by atoms with Crippen LogP contribution < -0.4 is 11.1 Å². The molecule has 3 rings (SSSR count). The zero-order chi connectivity index (χ0) is 14.8. The molecule has 1 aliphatic rings. The number of fused-ring (bicyclic) bond motifs is 1. The van der Waals surface area contributed by atoms with E-state index >= 15 is 0 Å². The number of anilines is 1. The summed E-state index contributed by atoms with van der Waals surface area (Å²) in [7, 11) is 0. The number of nitrogens with zero attached hydrogens (tertiary/aromatic N) is 1. The lowest BCUT2D eigenvalue weighted by atomic mass is 10.1. The Morgan fingerprint density at radius 1 is 1.24 bits per heavy atom. The van der Waals surface area contributed by atoms with Crippen LogP contribution in [0, 0.1) is 0 Å². The minimum absolute atomic E-state index is 0.0742. The Kier molecular flexibility index (Phi) is 3.62. The number of amidine groups is 1. The molecule has 0 aliphatic carbocycles. The van der Waals surface area contributed by atoms with Crippen molar-refractivity contribution < 1.29 is 9.59 Å². The molecule has 21 heavy (non-hydrogen) atoms. The van der Waals surface area contributed by atoms with Crippen LogP contribution in [-0.4, -0.2) is 22.2 Å². The maximum atomic E-state index is 12.2. The molecule has 0 aromatic heterocycles. The quantitative estimate of drug-likeness (QED) is 0.889. The molecule has 0 radical (unpaired) electrons. The van der Waals surface area contributed by atoms with Gasteiger partial charge in [0.05, 0.1) is 6.42 Å². The number of nitrogens with one attached hydrogen (secondary N) is 1.